The predicted molar refractivity (Wildman–Crippen MR) is 70.7 cm³/mol. The van der Waals surface area contributed by atoms with Crippen LogP contribution in [0.3, 0.4) is 0 Å². The third-order valence-corrected chi connectivity index (χ3v) is 3.15. The lowest BCUT2D eigenvalue weighted by Crippen LogP contribution is -2.00. The first-order valence-corrected chi connectivity index (χ1v) is 6.01. The molecule has 2 aromatic rings. The number of nitrogens with zero attached hydrogens (tertiary/aromatic N) is 1. The van der Waals surface area contributed by atoms with Crippen molar-refractivity contribution < 1.29 is 0 Å². The third kappa shape index (κ3) is 2.97. The Labute approximate surface area is 108 Å². The summed E-state index contributed by atoms with van der Waals surface area (Å²) < 4.78 is 1.10. The number of hydrogen-bond donors (Lipinski definition) is 1. The summed E-state index contributed by atoms with van der Waals surface area (Å²) in [5, 5.41) is 3.79. The van der Waals surface area contributed by atoms with Crippen LogP contribution in [0.2, 0.25) is 5.15 Å². The summed E-state index contributed by atoms with van der Waals surface area (Å²) in [6.07, 6.45) is 1.69. The van der Waals surface area contributed by atoms with E-state index in [1.807, 2.05) is 24.3 Å². The number of nitrogens with one attached hydrogen (secondary N) is 1. The van der Waals surface area contributed by atoms with Gasteiger partial charge in [-0.05, 0) is 23.8 Å². The molecule has 0 aliphatic rings. The van der Waals surface area contributed by atoms with Crippen molar-refractivity contribution in [2.45, 2.75) is 6.54 Å². The zero-order valence-electron chi connectivity index (χ0n) is 8.45. The first-order valence-electron chi connectivity index (χ1n) is 4.84. The van der Waals surface area contributed by atoms with Gasteiger partial charge in [0.05, 0.1) is 0 Å². The molecular weight excluding hydrogens is 288 g/mol. The van der Waals surface area contributed by atoms with Gasteiger partial charge in [-0.15, -0.1) is 0 Å². The minimum atomic E-state index is 0.497. The molecule has 1 aromatic heterocycles. The molecule has 0 unspecified atom stereocenters. The molecule has 4 heteroatoms. The SMILES string of the molecule is Clc1cc(NCc2ccccc2Br)ccn1. The van der Waals surface area contributed by atoms with Crippen molar-refractivity contribution in [3.63, 3.8) is 0 Å². The first-order chi connectivity index (χ1) is 7.75. The molecule has 0 amide bonds. The second-order valence-corrected chi connectivity index (χ2v) is 4.55. The highest BCUT2D eigenvalue weighted by molar-refractivity contribution is 9.10. The van der Waals surface area contributed by atoms with Crippen molar-refractivity contribution in [2.24, 2.45) is 0 Å². The van der Waals surface area contributed by atoms with Crippen molar-refractivity contribution in [3.05, 3.63) is 57.8 Å². The molecule has 0 aliphatic carbocycles. The molecule has 0 fully saturated rings. The van der Waals surface area contributed by atoms with E-state index in [2.05, 4.69) is 32.3 Å². The normalized spacial score (nSPS) is 10.1. The molecule has 2 rings (SSSR count). The molecule has 16 heavy (non-hydrogen) atoms. The Morgan fingerprint density at radius 3 is 2.81 bits per heavy atom. The van der Waals surface area contributed by atoms with Gasteiger partial charge in [-0.1, -0.05) is 45.7 Å². The van der Waals surface area contributed by atoms with Gasteiger partial charge in [0, 0.05) is 22.9 Å². The number of hydrogen-bond acceptors (Lipinski definition) is 2. The van der Waals surface area contributed by atoms with Crippen molar-refractivity contribution in [2.75, 3.05) is 5.32 Å². The highest BCUT2D eigenvalue weighted by Crippen LogP contribution is 2.18. The number of benzene rings is 1. The fraction of sp³-hybridized carbons (Fsp3) is 0.0833. The minimum Gasteiger partial charge on any atom is -0.381 e. The van der Waals surface area contributed by atoms with E-state index in [4.69, 9.17) is 11.6 Å². The average molecular weight is 298 g/mol. The van der Waals surface area contributed by atoms with Crippen molar-refractivity contribution in [1.82, 2.24) is 4.98 Å². The first kappa shape index (κ1) is 11.4. The van der Waals surface area contributed by atoms with Crippen LogP contribution in [0.4, 0.5) is 5.69 Å². The lowest BCUT2D eigenvalue weighted by Gasteiger charge is -2.07. The van der Waals surface area contributed by atoms with E-state index in [0.29, 0.717) is 5.15 Å². The van der Waals surface area contributed by atoms with Crippen LogP contribution in [0.15, 0.2) is 47.1 Å². The van der Waals surface area contributed by atoms with Gasteiger partial charge in [-0.3, -0.25) is 0 Å². The Morgan fingerprint density at radius 1 is 1.25 bits per heavy atom. The molecule has 82 valence electrons. The van der Waals surface area contributed by atoms with E-state index >= 15 is 0 Å². The van der Waals surface area contributed by atoms with Crippen LogP contribution in [0.1, 0.15) is 5.56 Å². The smallest absolute Gasteiger partial charge is 0.131 e. The maximum Gasteiger partial charge on any atom is 0.131 e. The predicted octanol–water partition coefficient (Wildman–Crippen LogP) is 4.11. The summed E-state index contributed by atoms with van der Waals surface area (Å²) in [4.78, 5) is 3.93. The lowest BCUT2D eigenvalue weighted by atomic mass is 10.2. The van der Waals surface area contributed by atoms with Crippen molar-refractivity contribution >= 4 is 33.2 Å². The fourth-order valence-electron chi connectivity index (χ4n) is 1.35. The van der Waals surface area contributed by atoms with Gasteiger partial charge in [-0.2, -0.15) is 0 Å². The molecule has 1 N–H and O–H groups in total. The van der Waals surface area contributed by atoms with Crippen molar-refractivity contribution in [1.29, 1.82) is 0 Å². The van der Waals surface area contributed by atoms with E-state index < -0.39 is 0 Å². The van der Waals surface area contributed by atoms with Gasteiger partial charge in [0.15, 0.2) is 0 Å². The molecule has 0 bridgehead atoms. The van der Waals surface area contributed by atoms with Crippen LogP contribution in [0, 0.1) is 0 Å². The number of aromatic nitrogens is 1. The summed E-state index contributed by atoms with van der Waals surface area (Å²) in [5.41, 5.74) is 2.17. The summed E-state index contributed by atoms with van der Waals surface area (Å²) in [6.45, 7) is 0.752. The van der Waals surface area contributed by atoms with Gasteiger partial charge in [0.2, 0.25) is 0 Å². The van der Waals surface area contributed by atoms with Crippen molar-refractivity contribution in [3.8, 4) is 0 Å². The molecule has 0 radical (unpaired) electrons. The average Bonchev–Trinajstić information content (AvgIpc) is 2.28. The Balaban J connectivity index is 2.05. The van der Waals surface area contributed by atoms with Crippen LogP contribution >= 0.6 is 27.5 Å². The van der Waals surface area contributed by atoms with E-state index in [0.717, 1.165) is 16.7 Å². The lowest BCUT2D eigenvalue weighted by molar-refractivity contribution is 1.13. The Bertz CT molecular complexity index is 488. The second kappa shape index (κ2) is 5.32. The molecule has 2 nitrogen and oxygen atoms in total. The maximum absolute atomic E-state index is 5.80. The second-order valence-electron chi connectivity index (χ2n) is 3.31. The van der Waals surface area contributed by atoms with Gasteiger partial charge in [-0.25, -0.2) is 4.98 Å². The van der Waals surface area contributed by atoms with Crippen LogP contribution in [0.5, 0.6) is 0 Å². The molecular formula is C12H10BrClN2. The number of anilines is 1. The molecule has 0 spiro atoms. The number of halogens is 2. The zero-order valence-corrected chi connectivity index (χ0v) is 10.8. The topological polar surface area (TPSA) is 24.9 Å². The highest BCUT2D eigenvalue weighted by atomic mass is 79.9. The molecule has 0 saturated heterocycles. The summed E-state index contributed by atoms with van der Waals surface area (Å²) >= 11 is 9.30. The van der Waals surface area contributed by atoms with Crippen LogP contribution in [0.25, 0.3) is 0 Å². The van der Waals surface area contributed by atoms with E-state index in [1.54, 1.807) is 12.3 Å². The Morgan fingerprint density at radius 2 is 2.06 bits per heavy atom. The molecule has 0 saturated carbocycles. The summed E-state index contributed by atoms with van der Waals surface area (Å²) in [6, 6.07) is 11.8. The number of pyridine rings is 1. The van der Waals surface area contributed by atoms with Crippen LogP contribution in [-0.2, 0) is 6.54 Å². The zero-order chi connectivity index (χ0) is 11.4. The van der Waals surface area contributed by atoms with Gasteiger partial charge in [0.1, 0.15) is 5.15 Å². The van der Waals surface area contributed by atoms with Gasteiger partial charge in [0.25, 0.3) is 0 Å². The quantitative estimate of drug-likeness (QED) is 0.862. The third-order valence-electron chi connectivity index (χ3n) is 2.17. The fourth-order valence-corrected chi connectivity index (χ4v) is 1.95. The van der Waals surface area contributed by atoms with E-state index in [9.17, 15) is 0 Å². The standard InChI is InChI=1S/C12H10BrClN2/c13-11-4-2-1-3-9(11)8-16-10-5-6-15-12(14)7-10/h1-7H,8H2,(H,15,16). The molecule has 1 heterocycles. The van der Waals surface area contributed by atoms with Gasteiger partial charge < -0.3 is 5.32 Å². The molecule has 0 atom stereocenters. The molecule has 0 aliphatic heterocycles. The van der Waals surface area contributed by atoms with E-state index in [-0.39, 0.29) is 0 Å². The Kier molecular flexibility index (Phi) is 3.80. The minimum absolute atomic E-state index is 0.497. The Hall–Kier alpha value is -1.06. The van der Waals surface area contributed by atoms with E-state index in [1.165, 1.54) is 5.56 Å². The monoisotopic (exact) mass is 296 g/mol. The molecule has 1 aromatic carbocycles. The van der Waals surface area contributed by atoms with Crippen LogP contribution < -0.4 is 5.32 Å². The highest BCUT2D eigenvalue weighted by Gasteiger charge is 1.98. The number of rotatable bonds is 3. The maximum atomic E-state index is 5.80. The summed E-state index contributed by atoms with van der Waals surface area (Å²) in [7, 11) is 0. The van der Waals surface area contributed by atoms with Crippen LogP contribution in [-0.4, -0.2) is 4.98 Å². The summed E-state index contributed by atoms with van der Waals surface area (Å²) in [5.74, 6) is 0. The largest absolute Gasteiger partial charge is 0.381 e. The van der Waals surface area contributed by atoms with Gasteiger partial charge >= 0.3 is 0 Å².